The number of benzene rings is 2. The molecule has 1 aliphatic heterocycles. The van der Waals surface area contributed by atoms with Crippen molar-refractivity contribution in [2.45, 2.75) is 19.3 Å². The minimum atomic E-state index is -0.261. The average molecular weight is 381 g/mol. The topological polar surface area (TPSA) is 80.2 Å². The van der Waals surface area contributed by atoms with Crippen LogP contribution in [-0.2, 0) is 9.59 Å². The number of rotatable bonds is 7. The first-order chi connectivity index (χ1) is 13.6. The van der Waals surface area contributed by atoms with Gasteiger partial charge < -0.3 is 14.8 Å². The van der Waals surface area contributed by atoms with E-state index in [-0.39, 0.29) is 24.7 Å². The zero-order valence-corrected chi connectivity index (χ0v) is 16.0. The van der Waals surface area contributed by atoms with Gasteiger partial charge in [0, 0.05) is 25.3 Å². The Labute approximate surface area is 163 Å². The van der Waals surface area contributed by atoms with Crippen molar-refractivity contribution in [3.63, 3.8) is 0 Å². The van der Waals surface area contributed by atoms with Gasteiger partial charge in [0.05, 0.1) is 32.2 Å². The molecule has 0 saturated carbocycles. The first-order valence-corrected chi connectivity index (χ1v) is 9.06. The summed E-state index contributed by atoms with van der Waals surface area (Å²) in [6.45, 7) is 0.539. The van der Waals surface area contributed by atoms with Crippen LogP contribution in [0.2, 0.25) is 0 Å². The van der Waals surface area contributed by atoms with Crippen molar-refractivity contribution in [2.75, 3.05) is 26.1 Å². The van der Waals surface area contributed by atoms with Crippen LogP contribution in [0.25, 0.3) is 0 Å². The van der Waals surface area contributed by atoms with E-state index in [9.17, 15) is 9.59 Å². The SMILES string of the molecule is COc1ccc(NC(=O)CCC(=O)N2CCC(c3ccccc3)=N2)c(OC)c1. The molecule has 0 atom stereocenters. The zero-order chi connectivity index (χ0) is 19.9. The molecule has 146 valence electrons. The summed E-state index contributed by atoms with van der Waals surface area (Å²) in [6, 6.07) is 14.9. The van der Waals surface area contributed by atoms with Gasteiger partial charge in [-0.3, -0.25) is 9.59 Å². The van der Waals surface area contributed by atoms with Crippen LogP contribution < -0.4 is 14.8 Å². The van der Waals surface area contributed by atoms with Gasteiger partial charge in [0.15, 0.2) is 0 Å². The lowest BCUT2D eigenvalue weighted by molar-refractivity contribution is -0.132. The molecule has 1 N–H and O–H groups in total. The Balaban J connectivity index is 1.54. The van der Waals surface area contributed by atoms with E-state index in [0.717, 1.165) is 11.3 Å². The Morgan fingerprint density at radius 2 is 1.86 bits per heavy atom. The van der Waals surface area contributed by atoms with Crippen molar-refractivity contribution in [3.8, 4) is 11.5 Å². The quantitative estimate of drug-likeness (QED) is 0.799. The molecule has 28 heavy (non-hydrogen) atoms. The summed E-state index contributed by atoms with van der Waals surface area (Å²) in [4.78, 5) is 24.6. The Kier molecular flexibility index (Phi) is 6.26. The smallest absolute Gasteiger partial charge is 0.243 e. The monoisotopic (exact) mass is 381 g/mol. The first kappa shape index (κ1) is 19.4. The van der Waals surface area contributed by atoms with Crippen molar-refractivity contribution in [1.29, 1.82) is 0 Å². The summed E-state index contributed by atoms with van der Waals surface area (Å²) in [7, 11) is 3.08. The molecule has 0 spiro atoms. The van der Waals surface area contributed by atoms with Crippen molar-refractivity contribution in [1.82, 2.24) is 5.01 Å². The average Bonchev–Trinajstić information content (AvgIpc) is 3.23. The van der Waals surface area contributed by atoms with Gasteiger partial charge >= 0.3 is 0 Å². The molecule has 2 amide bonds. The molecule has 0 bridgehead atoms. The second-order valence-corrected chi connectivity index (χ2v) is 6.29. The molecule has 3 rings (SSSR count). The summed E-state index contributed by atoms with van der Waals surface area (Å²) < 4.78 is 10.4. The van der Waals surface area contributed by atoms with E-state index >= 15 is 0 Å². The lowest BCUT2D eigenvalue weighted by atomic mass is 10.1. The largest absolute Gasteiger partial charge is 0.497 e. The Bertz CT molecular complexity index is 880. The number of carbonyl (C=O) groups excluding carboxylic acids is 2. The normalized spacial score (nSPS) is 13.1. The van der Waals surface area contributed by atoms with Crippen LogP contribution in [0.5, 0.6) is 11.5 Å². The summed E-state index contributed by atoms with van der Waals surface area (Å²) in [6.07, 6.45) is 0.877. The van der Waals surface area contributed by atoms with Gasteiger partial charge in [-0.15, -0.1) is 0 Å². The summed E-state index contributed by atoms with van der Waals surface area (Å²) >= 11 is 0. The van der Waals surface area contributed by atoms with Crippen LogP contribution >= 0.6 is 0 Å². The van der Waals surface area contributed by atoms with Gasteiger partial charge in [0.2, 0.25) is 11.8 Å². The number of hydrazone groups is 1. The number of carbonyl (C=O) groups is 2. The fourth-order valence-electron chi connectivity index (χ4n) is 2.93. The maximum Gasteiger partial charge on any atom is 0.243 e. The molecule has 1 aliphatic rings. The number of amides is 2. The van der Waals surface area contributed by atoms with Gasteiger partial charge in [-0.05, 0) is 17.7 Å². The van der Waals surface area contributed by atoms with Crippen LogP contribution in [-0.4, -0.2) is 43.3 Å². The molecule has 0 radical (unpaired) electrons. The fourth-order valence-corrected chi connectivity index (χ4v) is 2.93. The highest BCUT2D eigenvalue weighted by molar-refractivity contribution is 6.03. The second-order valence-electron chi connectivity index (χ2n) is 6.29. The number of nitrogens with zero attached hydrogens (tertiary/aromatic N) is 2. The van der Waals surface area contributed by atoms with Crippen molar-refractivity contribution in [3.05, 3.63) is 54.1 Å². The van der Waals surface area contributed by atoms with E-state index in [2.05, 4.69) is 10.4 Å². The molecule has 7 nitrogen and oxygen atoms in total. The molecule has 2 aromatic carbocycles. The fraction of sp³-hybridized carbons (Fsp3) is 0.286. The molecule has 0 saturated heterocycles. The van der Waals surface area contributed by atoms with E-state index in [0.29, 0.717) is 30.2 Å². The number of nitrogens with one attached hydrogen (secondary N) is 1. The van der Waals surface area contributed by atoms with Gasteiger partial charge in [0.1, 0.15) is 11.5 Å². The van der Waals surface area contributed by atoms with Crippen molar-refractivity contribution < 1.29 is 19.1 Å². The molecular weight excluding hydrogens is 358 g/mol. The van der Waals surface area contributed by atoms with Crippen LogP contribution in [0.1, 0.15) is 24.8 Å². The number of anilines is 1. The van der Waals surface area contributed by atoms with Gasteiger partial charge in [-0.25, -0.2) is 5.01 Å². The van der Waals surface area contributed by atoms with E-state index in [1.165, 1.54) is 12.1 Å². The number of hydrogen-bond donors (Lipinski definition) is 1. The van der Waals surface area contributed by atoms with Gasteiger partial charge in [0.25, 0.3) is 0 Å². The predicted octanol–water partition coefficient (Wildman–Crippen LogP) is 3.06. The minimum Gasteiger partial charge on any atom is -0.497 e. The highest BCUT2D eigenvalue weighted by atomic mass is 16.5. The minimum absolute atomic E-state index is 0.0701. The van der Waals surface area contributed by atoms with Crippen LogP contribution in [0.15, 0.2) is 53.6 Å². The zero-order valence-electron chi connectivity index (χ0n) is 16.0. The van der Waals surface area contributed by atoms with Crippen LogP contribution in [0.3, 0.4) is 0 Å². The van der Waals surface area contributed by atoms with Crippen LogP contribution in [0.4, 0.5) is 5.69 Å². The number of hydrogen-bond acceptors (Lipinski definition) is 5. The maximum atomic E-state index is 12.4. The lowest BCUT2D eigenvalue weighted by Gasteiger charge is -2.13. The molecule has 1 heterocycles. The molecule has 7 heteroatoms. The third-order valence-electron chi connectivity index (χ3n) is 4.45. The third-order valence-corrected chi connectivity index (χ3v) is 4.45. The van der Waals surface area contributed by atoms with E-state index in [1.54, 1.807) is 25.3 Å². The molecular formula is C21H23N3O4. The maximum absolute atomic E-state index is 12.4. The molecule has 0 unspecified atom stereocenters. The Hall–Kier alpha value is -3.35. The predicted molar refractivity (Wildman–Crippen MR) is 107 cm³/mol. The Morgan fingerprint density at radius 1 is 1.07 bits per heavy atom. The lowest BCUT2D eigenvalue weighted by Crippen LogP contribution is -2.25. The molecule has 0 aromatic heterocycles. The second kappa shape index (κ2) is 9.03. The van der Waals surface area contributed by atoms with E-state index in [1.807, 2.05) is 30.3 Å². The third kappa shape index (κ3) is 4.68. The summed E-state index contributed by atoms with van der Waals surface area (Å²) in [5, 5.41) is 8.62. The van der Waals surface area contributed by atoms with Crippen LogP contribution in [0, 0.1) is 0 Å². The van der Waals surface area contributed by atoms with E-state index in [4.69, 9.17) is 9.47 Å². The van der Waals surface area contributed by atoms with Crippen molar-refractivity contribution in [2.24, 2.45) is 5.10 Å². The summed E-state index contributed by atoms with van der Waals surface area (Å²) in [5.41, 5.74) is 2.44. The highest BCUT2D eigenvalue weighted by Gasteiger charge is 2.22. The van der Waals surface area contributed by atoms with Gasteiger partial charge in [-0.2, -0.15) is 5.10 Å². The highest BCUT2D eigenvalue weighted by Crippen LogP contribution is 2.29. The van der Waals surface area contributed by atoms with E-state index < -0.39 is 0 Å². The molecule has 2 aromatic rings. The Morgan fingerprint density at radius 3 is 2.57 bits per heavy atom. The van der Waals surface area contributed by atoms with Crippen molar-refractivity contribution >= 4 is 23.2 Å². The van der Waals surface area contributed by atoms with Gasteiger partial charge in [-0.1, -0.05) is 30.3 Å². The molecule has 0 fully saturated rings. The first-order valence-electron chi connectivity index (χ1n) is 9.06. The standard InChI is InChI=1S/C21H23N3O4/c1-27-16-8-9-18(19(14-16)28-2)22-20(25)10-11-21(26)24-13-12-17(23-24)15-6-4-3-5-7-15/h3-9,14H,10-13H2,1-2H3,(H,22,25). The summed E-state index contributed by atoms with van der Waals surface area (Å²) in [5.74, 6) is 0.702. The number of methoxy groups -OCH3 is 2. The number of ether oxygens (including phenoxy) is 2. The molecule has 0 aliphatic carbocycles.